The van der Waals surface area contributed by atoms with Crippen molar-refractivity contribution in [2.75, 3.05) is 7.11 Å². The summed E-state index contributed by atoms with van der Waals surface area (Å²) in [6.07, 6.45) is -0.270. The highest BCUT2D eigenvalue weighted by molar-refractivity contribution is 5.66. The van der Waals surface area contributed by atoms with E-state index in [-0.39, 0.29) is 30.6 Å². The topological polar surface area (TPSA) is 72.5 Å². The maximum atomic E-state index is 13.9. The molecule has 100 valence electrons. The van der Waals surface area contributed by atoms with Crippen LogP contribution in [0.15, 0.2) is 12.1 Å². The van der Waals surface area contributed by atoms with Gasteiger partial charge in [-0.05, 0) is 12.5 Å². The molecule has 18 heavy (non-hydrogen) atoms. The number of methoxy groups -OCH3 is 1. The first-order valence-electron chi connectivity index (χ1n) is 5.40. The van der Waals surface area contributed by atoms with Gasteiger partial charge >= 0.3 is 5.97 Å². The van der Waals surface area contributed by atoms with Gasteiger partial charge in [-0.2, -0.15) is 0 Å². The molecule has 0 fully saturated rings. The molecule has 0 saturated carbocycles. The van der Waals surface area contributed by atoms with Crippen molar-refractivity contribution < 1.29 is 23.4 Å². The Morgan fingerprint density at radius 3 is 2.72 bits per heavy atom. The number of carbonyl (C=O) groups is 1. The first-order valence-corrected chi connectivity index (χ1v) is 5.40. The van der Waals surface area contributed by atoms with Crippen molar-refractivity contribution in [2.24, 2.45) is 5.73 Å². The van der Waals surface area contributed by atoms with Gasteiger partial charge in [-0.25, -0.2) is 8.78 Å². The van der Waals surface area contributed by atoms with Crippen LogP contribution in [-0.2, 0) is 16.1 Å². The SMILES string of the molecule is COCc1ccc(F)c(C(N)CCC(=O)O)c1F. The van der Waals surface area contributed by atoms with E-state index in [2.05, 4.69) is 0 Å². The van der Waals surface area contributed by atoms with Gasteiger partial charge in [0.05, 0.1) is 6.61 Å². The van der Waals surface area contributed by atoms with Crippen LogP contribution in [-0.4, -0.2) is 18.2 Å². The lowest BCUT2D eigenvalue weighted by Gasteiger charge is -2.15. The molecule has 0 saturated heterocycles. The van der Waals surface area contributed by atoms with Crippen molar-refractivity contribution in [1.29, 1.82) is 0 Å². The number of nitrogens with two attached hydrogens (primary N) is 1. The maximum absolute atomic E-state index is 13.9. The molecule has 6 heteroatoms. The average Bonchev–Trinajstić information content (AvgIpc) is 2.30. The van der Waals surface area contributed by atoms with Crippen LogP contribution >= 0.6 is 0 Å². The fourth-order valence-corrected chi connectivity index (χ4v) is 1.64. The molecule has 1 unspecified atom stereocenters. The third kappa shape index (κ3) is 3.48. The van der Waals surface area contributed by atoms with Gasteiger partial charge in [0.2, 0.25) is 0 Å². The van der Waals surface area contributed by atoms with Gasteiger partial charge < -0.3 is 15.6 Å². The number of hydrogen-bond donors (Lipinski definition) is 2. The van der Waals surface area contributed by atoms with Crippen LogP contribution in [0.2, 0.25) is 0 Å². The predicted octanol–water partition coefficient (Wildman–Crippen LogP) is 1.98. The van der Waals surface area contributed by atoms with Crippen molar-refractivity contribution in [3.05, 3.63) is 34.9 Å². The summed E-state index contributed by atoms with van der Waals surface area (Å²) in [7, 11) is 1.40. The van der Waals surface area contributed by atoms with Crippen molar-refractivity contribution in [3.8, 4) is 0 Å². The highest BCUT2D eigenvalue weighted by Gasteiger charge is 2.20. The van der Waals surface area contributed by atoms with Crippen molar-refractivity contribution in [2.45, 2.75) is 25.5 Å². The summed E-state index contributed by atoms with van der Waals surface area (Å²) in [5, 5.41) is 8.52. The summed E-state index contributed by atoms with van der Waals surface area (Å²) >= 11 is 0. The predicted molar refractivity (Wildman–Crippen MR) is 60.9 cm³/mol. The molecular weight excluding hydrogens is 244 g/mol. The fraction of sp³-hybridized carbons (Fsp3) is 0.417. The molecule has 0 aliphatic carbocycles. The first kappa shape index (κ1) is 14.5. The van der Waals surface area contributed by atoms with E-state index in [9.17, 15) is 13.6 Å². The minimum atomic E-state index is -1.06. The number of rotatable bonds is 6. The molecule has 0 heterocycles. The molecule has 0 amide bonds. The van der Waals surface area contributed by atoms with Crippen molar-refractivity contribution in [3.63, 3.8) is 0 Å². The Morgan fingerprint density at radius 1 is 1.50 bits per heavy atom. The lowest BCUT2D eigenvalue weighted by Crippen LogP contribution is -2.17. The number of hydrogen-bond acceptors (Lipinski definition) is 3. The van der Waals surface area contributed by atoms with E-state index in [4.69, 9.17) is 15.6 Å². The lowest BCUT2D eigenvalue weighted by molar-refractivity contribution is -0.137. The number of aliphatic carboxylic acids is 1. The van der Waals surface area contributed by atoms with E-state index in [1.807, 2.05) is 0 Å². The quantitative estimate of drug-likeness (QED) is 0.819. The monoisotopic (exact) mass is 259 g/mol. The van der Waals surface area contributed by atoms with Crippen molar-refractivity contribution >= 4 is 5.97 Å². The van der Waals surface area contributed by atoms with Crippen LogP contribution < -0.4 is 5.73 Å². The van der Waals surface area contributed by atoms with Gasteiger partial charge in [-0.1, -0.05) is 6.07 Å². The summed E-state index contributed by atoms with van der Waals surface area (Å²) in [6, 6.07) is 1.40. The molecule has 1 atom stereocenters. The van der Waals surface area contributed by atoms with Gasteiger partial charge in [0, 0.05) is 30.7 Å². The molecule has 1 rings (SSSR count). The summed E-state index contributed by atoms with van der Waals surface area (Å²) in [6.45, 7) is 0.00473. The lowest BCUT2D eigenvalue weighted by atomic mass is 9.99. The van der Waals surface area contributed by atoms with E-state index in [0.717, 1.165) is 6.07 Å². The Kier molecular flexibility index (Phi) is 5.18. The number of carboxylic acid groups (broad SMARTS) is 1. The molecule has 0 aliphatic heterocycles. The Balaban J connectivity index is 2.98. The van der Waals surface area contributed by atoms with E-state index in [1.165, 1.54) is 13.2 Å². The number of benzene rings is 1. The summed E-state index contributed by atoms with van der Waals surface area (Å²) in [4.78, 5) is 10.4. The molecule has 0 bridgehead atoms. The number of carboxylic acids is 1. The zero-order valence-corrected chi connectivity index (χ0v) is 9.95. The summed E-state index contributed by atoms with van der Waals surface area (Å²) in [5.74, 6) is -2.60. The highest BCUT2D eigenvalue weighted by atomic mass is 19.1. The Morgan fingerprint density at radius 2 is 2.17 bits per heavy atom. The van der Waals surface area contributed by atoms with Crippen LogP contribution in [0, 0.1) is 11.6 Å². The standard InChI is InChI=1S/C12H15F2NO3/c1-18-6-7-2-3-8(13)11(12(7)14)9(15)4-5-10(16)17/h2-3,9H,4-6,15H2,1H3,(H,16,17). The molecule has 1 aromatic rings. The van der Waals surface area contributed by atoms with Crippen molar-refractivity contribution in [1.82, 2.24) is 0 Å². The van der Waals surface area contributed by atoms with Gasteiger partial charge in [0.25, 0.3) is 0 Å². The van der Waals surface area contributed by atoms with E-state index in [1.54, 1.807) is 0 Å². The smallest absolute Gasteiger partial charge is 0.303 e. The molecule has 4 nitrogen and oxygen atoms in total. The molecule has 0 aliphatic rings. The largest absolute Gasteiger partial charge is 0.481 e. The average molecular weight is 259 g/mol. The second-order valence-corrected chi connectivity index (χ2v) is 3.91. The molecular formula is C12H15F2NO3. The molecule has 0 aromatic heterocycles. The van der Waals surface area contributed by atoms with Crippen LogP contribution in [0.1, 0.15) is 30.0 Å². The molecule has 0 spiro atoms. The van der Waals surface area contributed by atoms with E-state index >= 15 is 0 Å². The zero-order valence-electron chi connectivity index (χ0n) is 9.95. The Labute approximate surface area is 103 Å². The van der Waals surface area contributed by atoms with Crippen LogP contribution in [0.25, 0.3) is 0 Å². The zero-order chi connectivity index (χ0) is 13.7. The van der Waals surface area contributed by atoms with Gasteiger partial charge in [-0.3, -0.25) is 4.79 Å². The number of halogens is 2. The highest BCUT2D eigenvalue weighted by Crippen LogP contribution is 2.25. The maximum Gasteiger partial charge on any atom is 0.303 e. The third-order valence-electron chi connectivity index (χ3n) is 2.55. The second kappa shape index (κ2) is 6.42. The Bertz CT molecular complexity index is 438. The van der Waals surface area contributed by atoms with E-state index < -0.39 is 23.6 Å². The molecule has 3 N–H and O–H groups in total. The Hall–Kier alpha value is -1.53. The van der Waals surface area contributed by atoms with Crippen LogP contribution in [0.5, 0.6) is 0 Å². The second-order valence-electron chi connectivity index (χ2n) is 3.91. The molecule has 0 radical (unpaired) electrons. The minimum Gasteiger partial charge on any atom is -0.481 e. The minimum absolute atomic E-state index is 0.00473. The summed E-state index contributed by atoms with van der Waals surface area (Å²) in [5.41, 5.74) is 5.53. The van der Waals surface area contributed by atoms with Crippen LogP contribution in [0.4, 0.5) is 8.78 Å². The van der Waals surface area contributed by atoms with Gasteiger partial charge in [0.1, 0.15) is 11.6 Å². The van der Waals surface area contributed by atoms with E-state index in [0.29, 0.717) is 0 Å². The van der Waals surface area contributed by atoms with Gasteiger partial charge in [0.15, 0.2) is 0 Å². The third-order valence-corrected chi connectivity index (χ3v) is 2.55. The fourth-order valence-electron chi connectivity index (χ4n) is 1.64. The molecule has 1 aromatic carbocycles. The van der Waals surface area contributed by atoms with Crippen LogP contribution in [0.3, 0.4) is 0 Å². The summed E-state index contributed by atoms with van der Waals surface area (Å²) < 4.78 is 32.3. The first-order chi connectivity index (χ1) is 8.47. The van der Waals surface area contributed by atoms with Gasteiger partial charge in [-0.15, -0.1) is 0 Å². The number of ether oxygens (including phenoxy) is 1. The normalized spacial score (nSPS) is 12.4.